The van der Waals surface area contributed by atoms with E-state index < -0.39 is 18.0 Å². The number of nitrogens with one attached hydrogen (secondary N) is 1. The van der Waals surface area contributed by atoms with E-state index in [0.29, 0.717) is 65.5 Å². The fraction of sp³-hybridized carbons (Fsp3) is 0.345. The molecule has 2 aromatic carbocycles. The predicted octanol–water partition coefficient (Wildman–Crippen LogP) is 3.48. The number of ketones is 1. The number of amides is 2. The number of hydrogen-bond donors (Lipinski definition) is 2. The molecule has 0 aliphatic carbocycles. The molecule has 11 nitrogen and oxygen atoms in total. The second-order valence-corrected chi connectivity index (χ2v) is 10.6. The molecule has 0 radical (unpaired) electrons. The third-order valence-corrected chi connectivity index (χ3v) is 7.84. The average molecular weight is 561 g/mol. The molecule has 4 aromatic rings. The van der Waals surface area contributed by atoms with E-state index in [1.54, 1.807) is 50.1 Å². The van der Waals surface area contributed by atoms with Crippen LogP contribution >= 0.6 is 0 Å². The van der Waals surface area contributed by atoms with Crippen molar-refractivity contribution in [2.75, 3.05) is 29.9 Å². The molecule has 2 aliphatic heterocycles. The fourth-order valence-corrected chi connectivity index (χ4v) is 5.82. The summed E-state index contributed by atoms with van der Waals surface area (Å²) < 4.78 is 22.3. The minimum Gasteiger partial charge on any atom is -0.508 e. The van der Waals surface area contributed by atoms with Crippen LogP contribution in [0.2, 0.25) is 0 Å². The Morgan fingerprint density at radius 1 is 1.12 bits per heavy atom. The van der Waals surface area contributed by atoms with Gasteiger partial charge in [-0.15, -0.1) is 0 Å². The molecule has 1 fully saturated rings. The van der Waals surface area contributed by atoms with E-state index in [-0.39, 0.29) is 29.8 Å². The van der Waals surface area contributed by atoms with Gasteiger partial charge in [-0.25, -0.2) is 23.9 Å². The van der Waals surface area contributed by atoms with Crippen molar-refractivity contribution in [2.24, 2.45) is 7.05 Å². The molecule has 212 valence electrons. The lowest BCUT2D eigenvalue weighted by molar-refractivity contribution is 0.103. The number of fused-ring (bicyclic) bond motifs is 2. The molecule has 0 saturated carbocycles. The van der Waals surface area contributed by atoms with Crippen LogP contribution in [0.5, 0.6) is 5.75 Å². The standard InChI is InChI=1S/C29H29FN6O5/c1-15-10-18(12-24-26(15)34(3)29(40)41-24)27(38)22-13-25(32-16(2)31-22)35-8-7-23(20(30)14-35)36-9-6-17-11-19(37)4-5-21(17)33-28(36)39/h4-5,10-13,20,23,37H,6-9,14H2,1-3H3,(H,33,39). The van der Waals surface area contributed by atoms with Crippen LogP contribution in [0.4, 0.5) is 20.7 Å². The first kappa shape index (κ1) is 26.5. The van der Waals surface area contributed by atoms with Gasteiger partial charge in [-0.2, -0.15) is 0 Å². The number of benzene rings is 2. The highest BCUT2D eigenvalue weighted by Gasteiger charge is 2.37. The second kappa shape index (κ2) is 10.0. The first-order valence-electron chi connectivity index (χ1n) is 13.4. The highest BCUT2D eigenvalue weighted by molar-refractivity contribution is 6.09. The number of aromatic nitrogens is 3. The summed E-state index contributed by atoms with van der Waals surface area (Å²) in [5, 5.41) is 12.6. The van der Waals surface area contributed by atoms with Crippen LogP contribution in [0.1, 0.15) is 39.4 Å². The molecule has 1 saturated heterocycles. The second-order valence-electron chi connectivity index (χ2n) is 10.6. The predicted molar refractivity (Wildman–Crippen MR) is 149 cm³/mol. The Balaban J connectivity index is 1.21. The van der Waals surface area contributed by atoms with E-state index in [1.807, 2.05) is 0 Å². The first-order valence-corrected chi connectivity index (χ1v) is 13.4. The normalized spacial score (nSPS) is 19.2. The van der Waals surface area contributed by atoms with Crippen LogP contribution in [0, 0.1) is 13.8 Å². The smallest absolute Gasteiger partial charge is 0.419 e. The molecule has 0 spiro atoms. The summed E-state index contributed by atoms with van der Waals surface area (Å²) >= 11 is 0. The van der Waals surface area contributed by atoms with Gasteiger partial charge in [-0.05, 0) is 68.1 Å². The molecular weight excluding hydrogens is 531 g/mol. The van der Waals surface area contributed by atoms with Crippen LogP contribution in [0.15, 0.2) is 45.6 Å². The monoisotopic (exact) mass is 560 g/mol. The molecule has 6 rings (SSSR count). The molecule has 2 amide bonds. The minimum atomic E-state index is -1.36. The van der Waals surface area contributed by atoms with Crippen LogP contribution < -0.4 is 16.0 Å². The molecule has 12 heteroatoms. The van der Waals surface area contributed by atoms with E-state index in [9.17, 15) is 19.5 Å². The maximum Gasteiger partial charge on any atom is 0.419 e. The number of nitrogens with zero attached hydrogens (tertiary/aromatic N) is 5. The van der Waals surface area contributed by atoms with Gasteiger partial charge in [0, 0.05) is 37.5 Å². The Hall–Kier alpha value is -4.74. The summed E-state index contributed by atoms with van der Waals surface area (Å²) in [5.74, 6) is 0.0170. The number of aromatic hydroxyl groups is 1. The lowest BCUT2D eigenvalue weighted by Gasteiger charge is -2.40. The molecule has 2 unspecified atom stereocenters. The van der Waals surface area contributed by atoms with Crippen molar-refractivity contribution >= 4 is 34.4 Å². The number of piperidine rings is 1. The Labute approximate surface area is 234 Å². The topological polar surface area (TPSA) is 134 Å². The average Bonchev–Trinajstić information content (AvgIpc) is 3.12. The third-order valence-electron chi connectivity index (χ3n) is 7.84. The highest BCUT2D eigenvalue weighted by atomic mass is 19.1. The van der Waals surface area contributed by atoms with Crippen molar-refractivity contribution in [1.29, 1.82) is 0 Å². The Kier molecular flexibility index (Phi) is 6.47. The summed E-state index contributed by atoms with van der Waals surface area (Å²) in [7, 11) is 1.61. The largest absolute Gasteiger partial charge is 0.508 e. The molecule has 2 aromatic heterocycles. The van der Waals surface area contributed by atoms with Gasteiger partial charge in [0.25, 0.3) is 0 Å². The maximum absolute atomic E-state index is 15.7. The molecule has 0 bridgehead atoms. The van der Waals surface area contributed by atoms with Crippen molar-refractivity contribution in [2.45, 2.75) is 38.9 Å². The van der Waals surface area contributed by atoms with E-state index >= 15 is 4.39 Å². The van der Waals surface area contributed by atoms with Crippen molar-refractivity contribution in [1.82, 2.24) is 19.4 Å². The number of carbonyl (C=O) groups excluding carboxylic acids is 2. The molecule has 41 heavy (non-hydrogen) atoms. The molecule has 2 N–H and O–H groups in total. The van der Waals surface area contributed by atoms with Crippen LogP contribution in [0.3, 0.4) is 0 Å². The van der Waals surface area contributed by atoms with E-state index in [1.165, 1.54) is 21.6 Å². The Morgan fingerprint density at radius 3 is 2.71 bits per heavy atom. The van der Waals surface area contributed by atoms with Crippen molar-refractivity contribution in [3.8, 4) is 5.75 Å². The fourth-order valence-electron chi connectivity index (χ4n) is 5.82. The molecule has 4 heterocycles. The number of anilines is 2. The van der Waals surface area contributed by atoms with Gasteiger partial charge in [0.05, 0.1) is 18.1 Å². The number of urea groups is 1. The van der Waals surface area contributed by atoms with Crippen molar-refractivity contribution < 1.29 is 23.5 Å². The number of oxazole rings is 1. The number of alkyl halides is 1. The van der Waals surface area contributed by atoms with Gasteiger partial charge in [0.15, 0.2) is 5.58 Å². The van der Waals surface area contributed by atoms with Gasteiger partial charge in [0.1, 0.15) is 29.3 Å². The summed E-state index contributed by atoms with van der Waals surface area (Å²) in [4.78, 5) is 50.5. The van der Waals surface area contributed by atoms with Crippen molar-refractivity contribution in [3.63, 3.8) is 0 Å². The first-order chi connectivity index (χ1) is 19.6. The molecular formula is C29H29FN6O5. The van der Waals surface area contributed by atoms with E-state index in [0.717, 1.165) is 5.56 Å². The highest BCUT2D eigenvalue weighted by Crippen LogP contribution is 2.30. The van der Waals surface area contributed by atoms with Crippen LogP contribution in [-0.4, -0.2) is 68.2 Å². The quantitative estimate of drug-likeness (QED) is 0.286. The summed E-state index contributed by atoms with van der Waals surface area (Å²) in [5.41, 5.74) is 3.51. The SMILES string of the molecule is Cc1nc(C(=O)c2cc(C)c3c(c2)oc(=O)n3C)cc(N2CCC(N3CCc4cc(O)ccc4NC3=O)C(F)C2)n1. The number of phenolic OH excluding ortho intramolecular Hbond substituents is 1. The zero-order valence-corrected chi connectivity index (χ0v) is 22.8. The number of rotatable bonds is 4. The maximum atomic E-state index is 15.7. The number of aryl methyl sites for hydroxylation is 3. The number of halogens is 1. The van der Waals surface area contributed by atoms with Crippen LogP contribution in [-0.2, 0) is 13.5 Å². The zero-order valence-electron chi connectivity index (χ0n) is 22.8. The third kappa shape index (κ3) is 4.79. The summed E-state index contributed by atoms with van der Waals surface area (Å²) in [6, 6.07) is 8.52. The van der Waals surface area contributed by atoms with Crippen LogP contribution in [0.25, 0.3) is 11.1 Å². The lowest BCUT2D eigenvalue weighted by Crippen LogP contribution is -2.55. The number of phenols is 1. The van der Waals surface area contributed by atoms with E-state index in [4.69, 9.17) is 4.42 Å². The van der Waals surface area contributed by atoms with Gasteiger partial charge in [0.2, 0.25) is 5.78 Å². The number of carbonyl (C=O) groups is 2. The summed E-state index contributed by atoms with van der Waals surface area (Å²) in [6.07, 6.45) is -0.501. The van der Waals surface area contributed by atoms with E-state index in [2.05, 4.69) is 15.3 Å². The molecule has 2 aliphatic rings. The van der Waals surface area contributed by atoms with Crippen molar-refractivity contribution in [3.05, 3.63) is 75.2 Å². The number of hydrogen-bond acceptors (Lipinski definition) is 8. The lowest BCUT2D eigenvalue weighted by atomic mass is 10.00. The molecule has 2 atom stereocenters. The Morgan fingerprint density at radius 2 is 1.93 bits per heavy atom. The zero-order chi connectivity index (χ0) is 29.0. The summed E-state index contributed by atoms with van der Waals surface area (Å²) in [6.45, 7) is 4.20. The van der Waals surface area contributed by atoms with Gasteiger partial charge < -0.3 is 24.6 Å². The van der Waals surface area contributed by atoms with Gasteiger partial charge in [-0.1, -0.05) is 0 Å². The van der Waals surface area contributed by atoms with Gasteiger partial charge >= 0.3 is 11.8 Å². The Bertz CT molecular complexity index is 1760. The van der Waals surface area contributed by atoms with Gasteiger partial charge in [-0.3, -0.25) is 9.36 Å². The minimum absolute atomic E-state index is 0.00743.